The van der Waals surface area contributed by atoms with Crippen molar-refractivity contribution < 1.29 is 19.1 Å². The molecule has 4 nitrogen and oxygen atoms in total. The van der Waals surface area contributed by atoms with Crippen molar-refractivity contribution in [3.8, 4) is 0 Å². The monoisotopic (exact) mass is 424 g/mol. The Morgan fingerprint density at radius 3 is 1.37 bits per heavy atom. The minimum atomic E-state index is -0.337. The second-order valence-corrected chi connectivity index (χ2v) is 12.1. The van der Waals surface area contributed by atoms with Gasteiger partial charge in [-0.3, -0.25) is 9.59 Å². The highest BCUT2D eigenvalue weighted by atomic mass is 16.5. The van der Waals surface area contributed by atoms with Gasteiger partial charge >= 0.3 is 11.9 Å². The molecule has 0 bridgehead atoms. The summed E-state index contributed by atoms with van der Waals surface area (Å²) < 4.78 is 11.2. The van der Waals surface area contributed by atoms with Gasteiger partial charge in [0, 0.05) is 0 Å². The van der Waals surface area contributed by atoms with E-state index in [-0.39, 0.29) is 34.6 Å². The summed E-state index contributed by atoms with van der Waals surface area (Å²) in [6, 6.07) is 0. The molecule has 1 saturated carbocycles. The zero-order valence-electron chi connectivity index (χ0n) is 21.0. The molecule has 0 aliphatic heterocycles. The molecular formula is C26H48O4. The zero-order chi connectivity index (χ0) is 22.9. The lowest BCUT2D eigenvalue weighted by molar-refractivity contribution is -0.163. The molecule has 0 heterocycles. The maximum atomic E-state index is 12.7. The molecule has 1 aliphatic carbocycles. The van der Waals surface area contributed by atoms with Gasteiger partial charge in [0.15, 0.2) is 0 Å². The van der Waals surface area contributed by atoms with Gasteiger partial charge in [0.05, 0.1) is 25.0 Å². The lowest BCUT2D eigenvalue weighted by atomic mass is 9.79. The van der Waals surface area contributed by atoms with Crippen molar-refractivity contribution in [1.29, 1.82) is 0 Å². The fourth-order valence-electron chi connectivity index (χ4n) is 4.93. The van der Waals surface area contributed by atoms with E-state index < -0.39 is 0 Å². The van der Waals surface area contributed by atoms with Crippen molar-refractivity contribution in [1.82, 2.24) is 0 Å². The maximum Gasteiger partial charge on any atom is 0.309 e. The molecule has 4 heteroatoms. The first-order valence-corrected chi connectivity index (χ1v) is 12.1. The number of esters is 2. The van der Waals surface area contributed by atoms with Gasteiger partial charge in [0.2, 0.25) is 0 Å². The molecule has 0 saturated heterocycles. The number of ether oxygens (including phenoxy) is 2. The van der Waals surface area contributed by atoms with Crippen molar-refractivity contribution in [3.05, 3.63) is 0 Å². The van der Waals surface area contributed by atoms with Crippen LogP contribution >= 0.6 is 0 Å². The Morgan fingerprint density at radius 2 is 1.07 bits per heavy atom. The lowest BCUT2D eigenvalue weighted by Crippen LogP contribution is -2.35. The third kappa shape index (κ3) is 11.4. The lowest BCUT2D eigenvalue weighted by Gasteiger charge is -2.29. The highest BCUT2D eigenvalue weighted by Crippen LogP contribution is 2.33. The van der Waals surface area contributed by atoms with Crippen LogP contribution in [0.5, 0.6) is 0 Å². The van der Waals surface area contributed by atoms with E-state index in [4.69, 9.17) is 9.47 Å². The fourth-order valence-corrected chi connectivity index (χ4v) is 4.93. The van der Waals surface area contributed by atoms with Crippen LogP contribution in [0.3, 0.4) is 0 Å². The molecule has 4 atom stereocenters. The molecule has 1 aliphatic rings. The largest absolute Gasteiger partial charge is 0.465 e. The Bertz CT molecular complexity index is 478. The van der Waals surface area contributed by atoms with E-state index in [0.717, 1.165) is 51.4 Å². The standard InChI is InChI=1S/C26H48O4/c1-19(17-25(3,4)5)13-15-29-23(27)21-11-9-10-12-22(21)24(28)30-16-14-20(2)18-26(6,7)8/h19-22H,9-18H2,1-8H3/t19?,20?,21-,22-/m1/s1. The molecule has 0 amide bonds. The highest BCUT2D eigenvalue weighted by Gasteiger charge is 2.38. The van der Waals surface area contributed by atoms with Gasteiger partial charge in [0.1, 0.15) is 0 Å². The molecule has 1 rings (SSSR count). The number of hydrogen-bond acceptors (Lipinski definition) is 4. The van der Waals surface area contributed by atoms with E-state index in [2.05, 4.69) is 55.4 Å². The summed E-state index contributed by atoms with van der Waals surface area (Å²) in [4.78, 5) is 25.4. The first-order valence-electron chi connectivity index (χ1n) is 12.1. The minimum Gasteiger partial charge on any atom is -0.465 e. The molecule has 1 fully saturated rings. The van der Waals surface area contributed by atoms with Crippen molar-refractivity contribution >= 4 is 11.9 Å². The second-order valence-electron chi connectivity index (χ2n) is 12.1. The zero-order valence-corrected chi connectivity index (χ0v) is 21.0. The Morgan fingerprint density at radius 1 is 0.733 bits per heavy atom. The van der Waals surface area contributed by atoms with Crippen LogP contribution in [0.1, 0.15) is 107 Å². The minimum absolute atomic E-state index is 0.208. The molecule has 0 N–H and O–H groups in total. The number of rotatable bonds is 10. The smallest absolute Gasteiger partial charge is 0.309 e. The summed E-state index contributed by atoms with van der Waals surface area (Å²) in [6.45, 7) is 18.7. The van der Waals surface area contributed by atoms with Gasteiger partial charge in [-0.15, -0.1) is 0 Å². The second kappa shape index (κ2) is 12.1. The van der Waals surface area contributed by atoms with E-state index in [1.165, 1.54) is 0 Å². The Balaban J connectivity index is 2.45. The number of carbonyl (C=O) groups is 2. The van der Waals surface area contributed by atoms with Gasteiger partial charge in [-0.2, -0.15) is 0 Å². The Hall–Kier alpha value is -1.06. The van der Waals surface area contributed by atoms with Crippen molar-refractivity contribution in [2.24, 2.45) is 34.5 Å². The summed E-state index contributed by atoms with van der Waals surface area (Å²) in [6.07, 6.45) is 7.38. The molecule has 0 aromatic heterocycles. The molecule has 30 heavy (non-hydrogen) atoms. The summed E-state index contributed by atoms with van der Waals surface area (Å²) >= 11 is 0. The van der Waals surface area contributed by atoms with Crippen LogP contribution in [0.15, 0.2) is 0 Å². The van der Waals surface area contributed by atoms with Crippen LogP contribution in [-0.2, 0) is 19.1 Å². The van der Waals surface area contributed by atoms with E-state index in [1.807, 2.05) is 0 Å². The van der Waals surface area contributed by atoms with Crippen LogP contribution in [0.2, 0.25) is 0 Å². The normalized spacial score (nSPS) is 22.3. The first-order chi connectivity index (χ1) is 13.8. The summed E-state index contributed by atoms with van der Waals surface area (Å²) in [7, 11) is 0. The molecular weight excluding hydrogens is 376 g/mol. The van der Waals surface area contributed by atoms with E-state index in [0.29, 0.717) is 25.0 Å². The van der Waals surface area contributed by atoms with Crippen LogP contribution in [0, 0.1) is 34.5 Å². The predicted octanol–water partition coefficient (Wildman–Crippen LogP) is 6.80. The van der Waals surface area contributed by atoms with Crippen LogP contribution in [-0.4, -0.2) is 25.2 Å². The van der Waals surface area contributed by atoms with E-state index >= 15 is 0 Å². The third-order valence-corrected chi connectivity index (χ3v) is 6.00. The van der Waals surface area contributed by atoms with Gasteiger partial charge in [-0.05, 0) is 61.2 Å². The van der Waals surface area contributed by atoms with Crippen LogP contribution < -0.4 is 0 Å². The summed E-state index contributed by atoms with van der Waals surface area (Å²) in [5.41, 5.74) is 0.568. The van der Waals surface area contributed by atoms with Gasteiger partial charge < -0.3 is 9.47 Å². The van der Waals surface area contributed by atoms with Gasteiger partial charge in [0.25, 0.3) is 0 Å². The molecule has 2 unspecified atom stereocenters. The van der Waals surface area contributed by atoms with Crippen molar-refractivity contribution in [3.63, 3.8) is 0 Å². The highest BCUT2D eigenvalue weighted by molar-refractivity contribution is 5.82. The number of carbonyl (C=O) groups excluding carboxylic acids is 2. The topological polar surface area (TPSA) is 52.6 Å². The molecule has 176 valence electrons. The van der Waals surface area contributed by atoms with Gasteiger partial charge in [-0.1, -0.05) is 68.2 Å². The third-order valence-electron chi connectivity index (χ3n) is 6.00. The molecule has 0 aromatic rings. The van der Waals surface area contributed by atoms with Crippen molar-refractivity contribution in [2.75, 3.05) is 13.2 Å². The quantitative estimate of drug-likeness (QED) is 0.362. The van der Waals surface area contributed by atoms with E-state index in [9.17, 15) is 9.59 Å². The summed E-state index contributed by atoms with van der Waals surface area (Å²) in [5, 5.41) is 0. The molecule has 0 aromatic carbocycles. The van der Waals surface area contributed by atoms with E-state index in [1.54, 1.807) is 0 Å². The predicted molar refractivity (Wildman–Crippen MR) is 123 cm³/mol. The average Bonchev–Trinajstić information content (AvgIpc) is 2.58. The fraction of sp³-hybridized carbons (Fsp3) is 0.923. The molecule has 0 spiro atoms. The van der Waals surface area contributed by atoms with Crippen molar-refractivity contribution in [2.45, 2.75) is 107 Å². The first kappa shape index (κ1) is 27.0. The number of hydrogen-bond donors (Lipinski definition) is 0. The average molecular weight is 425 g/mol. The SMILES string of the molecule is CC(CCOC(=O)[C@@H]1CCCC[C@H]1C(=O)OCCC(C)CC(C)(C)C)CC(C)(C)C. The molecule has 0 radical (unpaired) electrons. The Kier molecular flexibility index (Phi) is 10.9. The Labute approximate surface area is 185 Å². The van der Waals surface area contributed by atoms with Gasteiger partial charge in [-0.25, -0.2) is 0 Å². The summed E-state index contributed by atoms with van der Waals surface area (Å²) in [5.74, 6) is -0.0613. The van der Waals surface area contributed by atoms with Crippen LogP contribution in [0.4, 0.5) is 0 Å². The van der Waals surface area contributed by atoms with Crippen LogP contribution in [0.25, 0.3) is 0 Å². The maximum absolute atomic E-state index is 12.7.